The number of hydrogen-bond donors (Lipinski definition) is 1. The summed E-state index contributed by atoms with van der Waals surface area (Å²) >= 11 is 1.76. The van der Waals surface area contributed by atoms with Crippen molar-refractivity contribution < 1.29 is 8.42 Å². The third kappa shape index (κ3) is 3.36. The van der Waals surface area contributed by atoms with Gasteiger partial charge in [-0.2, -0.15) is 0 Å². The Balaban J connectivity index is 2.23. The van der Waals surface area contributed by atoms with E-state index >= 15 is 0 Å². The second-order valence-corrected chi connectivity index (χ2v) is 8.00. The molecule has 0 saturated heterocycles. The monoisotopic (exact) mass is 295 g/mol. The molecule has 1 heterocycles. The third-order valence-corrected chi connectivity index (χ3v) is 5.06. The molecule has 0 radical (unpaired) electrons. The van der Waals surface area contributed by atoms with E-state index in [0.717, 1.165) is 0 Å². The second kappa shape index (κ2) is 5.35. The number of benzene rings is 1. The van der Waals surface area contributed by atoms with Crippen molar-refractivity contribution in [2.24, 2.45) is 0 Å². The standard InChI is InChI=1S/C14H17NO2S2/c1-10-8-12(11(2)18-10)9-15-13-6-4-5-7-14(13)19(3,16)17/h4-8,15H,9H2,1-3H3. The van der Waals surface area contributed by atoms with Gasteiger partial charge in [0, 0.05) is 22.6 Å². The maximum absolute atomic E-state index is 11.7. The number of thiophene rings is 1. The zero-order valence-corrected chi connectivity index (χ0v) is 12.9. The molecule has 0 saturated carbocycles. The summed E-state index contributed by atoms with van der Waals surface area (Å²) in [4.78, 5) is 2.88. The second-order valence-electron chi connectivity index (χ2n) is 4.56. The van der Waals surface area contributed by atoms with E-state index < -0.39 is 9.84 Å². The molecule has 19 heavy (non-hydrogen) atoms. The largest absolute Gasteiger partial charge is 0.380 e. The number of para-hydroxylation sites is 1. The molecule has 2 aromatic rings. The van der Waals surface area contributed by atoms with Crippen LogP contribution in [0.15, 0.2) is 35.2 Å². The predicted molar refractivity (Wildman–Crippen MR) is 80.7 cm³/mol. The van der Waals surface area contributed by atoms with Crippen LogP contribution in [-0.2, 0) is 16.4 Å². The van der Waals surface area contributed by atoms with Crippen molar-refractivity contribution in [2.45, 2.75) is 25.3 Å². The molecule has 102 valence electrons. The van der Waals surface area contributed by atoms with Gasteiger partial charge in [-0.1, -0.05) is 12.1 Å². The number of rotatable bonds is 4. The van der Waals surface area contributed by atoms with Crippen LogP contribution in [0, 0.1) is 13.8 Å². The van der Waals surface area contributed by atoms with Gasteiger partial charge < -0.3 is 5.32 Å². The van der Waals surface area contributed by atoms with E-state index in [4.69, 9.17) is 0 Å². The summed E-state index contributed by atoms with van der Waals surface area (Å²) in [6.45, 7) is 4.80. The zero-order valence-electron chi connectivity index (χ0n) is 11.2. The Bertz CT molecular complexity index is 687. The van der Waals surface area contributed by atoms with Crippen LogP contribution >= 0.6 is 11.3 Å². The van der Waals surface area contributed by atoms with Crippen molar-refractivity contribution in [3.05, 3.63) is 45.6 Å². The summed E-state index contributed by atoms with van der Waals surface area (Å²) in [5.74, 6) is 0. The lowest BCUT2D eigenvalue weighted by Crippen LogP contribution is -2.06. The Morgan fingerprint density at radius 2 is 1.89 bits per heavy atom. The SMILES string of the molecule is Cc1cc(CNc2ccccc2S(C)(=O)=O)c(C)s1. The molecule has 0 bridgehead atoms. The summed E-state index contributed by atoms with van der Waals surface area (Å²) in [6.07, 6.45) is 1.23. The van der Waals surface area contributed by atoms with E-state index in [1.807, 2.05) is 6.07 Å². The van der Waals surface area contributed by atoms with E-state index in [9.17, 15) is 8.42 Å². The number of hydrogen-bond acceptors (Lipinski definition) is 4. The Labute approximate surface area is 118 Å². The lowest BCUT2D eigenvalue weighted by atomic mass is 10.2. The summed E-state index contributed by atoms with van der Waals surface area (Å²) < 4.78 is 23.4. The van der Waals surface area contributed by atoms with Gasteiger partial charge in [-0.25, -0.2) is 8.42 Å². The number of nitrogens with one attached hydrogen (secondary N) is 1. The predicted octanol–water partition coefficient (Wildman–Crippen LogP) is 3.38. The summed E-state index contributed by atoms with van der Waals surface area (Å²) in [6, 6.07) is 9.13. The molecule has 5 heteroatoms. The molecule has 2 rings (SSSR count). The van der Waals surface area contributed by atoms with Gasteiger partial charge in [-0.15, -0.1) is 11.3 Å². The normalized spacial score (nSPS) is 11.5. The molecule has 3 nitrogen and oxygen atoms in total. The van der Waals surface area contributed by atoms with E-state index in [1.165, 1.54) is 21.6 Å². The van der Waals surface area contributed by atoms with E-state index in [1.54, 1.807) is 29.5 Å². The van der Waals surface area contributed by atoms with Gasteiger partial charge in [-0.05, 0) is 37.6 Å². The molecule has 1 aromatic heterocycles. The van der Waals surface area contributed by atoms with E-state index in [2.05, 4.69) is 25.2 Å². The van der Waals surface area contributed by atoms with Crippen molar-refractivity contribution in [3.8, 4) is 0 Å². The number of anilines is 1. The van der Waals surface area contributed by atoms with Crippen molar-refractivity contribution >= 4 is 26.9 Å². The third-order valence-electron chi connectivity index (χ3n) is 2.90. The quantitative estimate of drug-likeness (QED) is 0.940. The minimum Gasteiger partial charge on any atom is -0.380 e. The smallest absolute Gasteiger partial charge is 0.177 e. The van der Waals surface area contributed by atoms with Crippen LogP contribution in [0.5, 0.6) is 0 Å². The summed E-state index contributed by atoms with van der Waals surface area (Å²) in [5.41, 5.74) is 1.87. The van der Waals surface area contributed by atoms with Gasteiger partial charge >= 0.3 is 0 Å². The molecule has 0 aliphatic heterocycles. The Hall–Kier alpha value is -1.33. The molecular formula is C14H17NO2S2. The minimum atomic E-state index is -3.20. The van der Waals surface area contributed by atoms with Gasteiger partial charge in [0.1, 0.15) is 0 Å². The maximum atomic E-state index is 11.7. The fraction of sp³-hybridized carbons (Fsp3) is 0.286. The highest BCUT2D eigenvalue weighted by molar-refractivity contribution is 7.90. The Morgan fingerprint density at radius 3 is 2.47 bits per heavy atom. The molecule has 0 spiro atoms. The first-order valence-corrected chi connectivity index (χ1v) is 8.67. The molecule has 0 aliphatic rings. The van der Waals surface area contributed by atoms with Crippen molar-refractivity contribution in [1.29, 1.82) is 0 Å². The zero-order chi connectivity index (χ0) is 14.0. The molecule has 0 fully saturated rings. The fourth-order valence-electron chi connectivity index (χ4n) is 1.99. The van der Waals surface area contributed by atoms with Crippen LogP contribution in [0.25, 0.3) is 0 Å². The van der Waals surface area contributed by atoms with E-state index in [0.29, 0.717) is 17.1 Å². The van der Waals surface area contributed by atoms with Crippen LogP contribution < -0.4 is 5.32 Å². The molecular weight excluding hydrogens is 278 g/mol. The first kappa shape index (κ1) is 14.1. The highest BCUT2D eigenvalue weighted by Gasteiger charge is 2.12. The van der Waals surface area contributed by atoms with Gasteiger partial charge in [0.25, 0.3) is 0 Å². The minimum absolute atomic E-state index is 0.347. The van der Waals surface area contributed by atoms with Crippen LogP contribution in [0.4, 0.5) is 5.69 Å². The number of sulfone groups is 1. The highest BCUT2D eigenvalue weighted by Crippen LogP contribution is 2.24. The van der Waals surface area contributed by atoms with Crippen LogP contribution in [0.2, 0.25) is 0 Å². The maximum Gasteiger partial charge on any atom is 0.177 e. The van der Waals surface area contributed by atoms with Crippen molar-refractivity contribution in [1.82, 2.24) is 0 Å². The van der Waals surface area contributed by atoms with E-state index in [-0.39, 0.29) is 0 Å². The average molecular weight is 295 g/mol. The molecule has 0 aliphatic carbocycles. The molecule has 0 unspecified atom stereocenters. The van der Waals surface area contributed by atoms with Gasteiger partial charge in [0.15, 0.2) is 9.84 Å². The summed E-state index contributed by atoms with van der Waals surface area (Å²) in [5, 5.41) is 3.22. The lowest BCUT2D eigenvalue weighted by molar-refractivity contribution is 0.602. The summed E-state index contributed by atoms with van der Waals surface area (Å²) in [7, 11) is -3.20. The van der Waals surface area contributed by atoms with Gasteiger partial charge in [0.05, 0.1) is 10.6 Å². The lowest BCUT2D eigenvalue weighted by Gasteiger charge is -2.10. The van der Waals surface area contributed by atoms with Crippen molar-refractivity contribution in [2.75, 3.05) is 11.6 Å². The number of aryl methyl sites for hydroxylation is 2. The van der Waals surface area contributed by atoms with Crippen LogP contribution in [0.1, 0.15) is 15.3 Å². The average Bonchev–Trinajstić information content (AvgIpc) is 2.64. The Morgan fingerprint density at radius 1 is 1.21 bits per heavy atom. The van der Waals surface area contributed by atoms with Crippen LogP contribution in [-0.4, -0.2) is 14.7 Å². The first-order chi connectivity index (χ1) is 8.88. The van der Waals surface area contributed by atoms with Gasteiger partial charge in [-0.3, -0.25) is 0 Å². The Kier molecular flexibility index (Phi) is 3.96. The highest BCUT2D eigenvalue weighted by atomic mass is 32.2. The first-order valence-electron chi connectivity index (χ1n) is 5.97. The molecule has 0 atom stereocenters. The van der Waals surface area contributed by atoms with Crippen LogP contribution in [0.3, 0.4) is 0 Å². The topological polar surface area (TPSA) is 46.2 Å². The molecule has 1 aromatic carbocycles. The molecule has 0 amide bonds. The fourth-order valence-corrected chi connectivity index (χ4v) is 3.80. The van der Waals surface area contributed by atoms with Gasteiger partial charge in [0.2, 0.25) is 0 Å². The molecule has 1 N–H and O–H groups in total. The van der Waals surface area contributed by atoms with Crippen molar-refractivity contribution in [3.63, 3.8) is 0 Å².